The summed E-state index contributed by atoms with van der Waals surface area (Å²) in [6.45, 7) is 1.95. The molecule has 0 N–H and O–H groups in total. The van der Waals surface area contributed by atoms with Crippen molar-refractivity contribution in [1.29, 1.82) is 0 Å². The van der Waals surface area contributed by atoms with Crippen molar-refractivity contribution in [3.63, 3.8) is 0 Å². The molecule has 1 aliphatic heterocycles. The number of hydrogen-bond donors (Lipinski definition) is 0. The largest absolute Gasteiger partial charge is 0.489 e. The maximum atomic E-state index is 12.4. The van der Waals surface area contributed by atoms with Crippen LogP contribution in [0.15, 0.2) is 64.7 Å². The molecule has 0 spiro atoms. The number of Topliss-reactive ketones (excluding diaryl/α,β-unsaturated/α-hetero) is 1. The predicted octanol–water partition coefficient (Wildman–Crippen LogP) is 2.64. The maximum Gasteiger partial charge on any atom is 0.206 e. The molecule has 116 valence electrons. The number of ketones is 1. The average Bonchev–Trinajstić information content (AvgIpc) is 2.57. The number of fused-ring (bicyclic) bond motifs is 1. The number of dihydropyridines is 1. The molecule has 0 radical (unpaired) electrons. The number of carbonyl (C=O) groups is 2. The van der Waals surface area contributed by atoms with Crippen LogP contribution in [0, 0.1) is 0 Å². The van der Waals surface area contributed by atoms with Gasteiger partial charge in [0.15, 0.2) is 0 Å². The Morgan fingerprint density at radius 2 is 2.00 bits per heavy atom. The highest BCUT2D eigenvalue weighted by Crippen LogP contribution is 2.25. The molecule has 2 aliphatic rings. The Balaban J connectivity index is 1.77. The van der Waals surface area contributed by atoms with Crippen molar-refractivity contribution in [1.82, 2.24) is 0 Å². The van der Waals surface area contributed by atoms with E-state index in [0.29, 0.717) is 23.5 Å². The molecule has 0 saturated carbocycles. The first-order chi connectivity index (χ1) is 11.2. The number of aldehydes is 1. The predicted molar refractivity (Wildman–Crippen MR) is 88.9 cm³/mol. The number of rotatable bonds is 5. The summed E-state index contributed by atoms with van der Waals surface area (Å²) in [6, 6.07) is 7.23. The molecule has 1 atom stereocenters. The number of nitrogens with zero attached hydrogens (tertiary/aromatic N) is 1. The third-order valence-electron chi connectivity index (χ3n) is 3.91. The van der Waals surface area contributed by atoms with Crippen LogP contribution in [0.4, 0.5) is 0 Å². The Morgan fingerprint density at radius 3 is 2.74 bits per heavy atom. The van der Waals surface area contributed by atoms with Crippen LogP contribution in [0.1, 0.15) is 12.5 Å². The van der Waals surface area contributed by atoms with Crippen LogP contribution < -0.4 is 4.74 Å². The van der Waals surface area contributed by atoms with Gasteiger partial charge in [0.2, 0.25) is 5.78 Å². The first kappa shape index (κ1) is 15.2. The van der Waals surface area contributed by atoms with Gasteiger partial charge in [0.25, 0.3) is 0 Å². The van der Waals surface area contributed by atoms with Crippen molar-refractivity contribution in [2.24, 2.45) is 4.99 Å². The van der Waals surface area contributed by atoms with Crippen LogP contribution in [-0.4, -0.2) is 30.4 Å². The molecule has 1 aromatic rings. The van der Waals surface area contributed by atoms with E-state index in [1.807, 2.05) is 48.6 Å². The quantitative estimate of drug-likeness (QED) is 0.786. The normalized spacial score (nSPS) is 19.4. The van der Waals surface area contributed by atoms with Crippen LogP contribution in [0.25, 0.3) is 0 Å². The summed E-state index contributed by atoms with van der Waals surface area (Å²) in [7, 11) is 0. The topological polar surface area (TPSA) is 55.7 Å². The molecular formula is C19H17NO3. The minimum Gasteiger partial charge on any atom is -0.489 e. The van der Waals surface area contributed by atoms with Crippen molar-refractivity contribution in [2.45, 2.75) is 19.4 Å². The molecule has 0 amide bonds. The third kappa shape index (κ3) is 3.21. The number of benzene rings is 1. The summed E-state index contributed by atoms with van der Waals surface area (Å²) in [4.78, 5) is 27.3. The van der Waals surface area contributed by atoms with Crippen molar-refractivity contribution >= 4 is 17.8 Å². The van der Waals surface area contributed by atoms with E-state index in [9.17, 15) is 9.59 Å². The summed E-state index contributed by atoms with van der Waals surface area (Å²) in [6.07, 6.45) is 9.00. The van der Waals surface area contributed by atoms with Gasteiger partial charge in [-0.2, -0.15) is 0 Å². The van der Waals surface area contributed by atoms with Crippen LogP contribution in [0.2, 0.25) is 0 Å². The van der Waals surface area contributed by atoms with E-state index < -0.39 is 0 Å². The Labute approximate surface area is 134 Å². The van der Waals surface area contributed by atoms with Gasteiger partial charge in [-0.1, -0.05) is 36.4 Å². The zero-order valence-electron chi connectivity index (χ0n) is 12.9. The Kier molecular flexibility index (Phi) is 4.33. The highest BCUT2D eigenvalue weighted by molar-refractivity contribution is 6.46. The first-order valence-corrected chi connectivity index (χ1v) is 7.51. The molecule has 0 aromatic heterocycles. The average molecular weight is 307 g/mol. The van der Waals surface area contributed by atoms with Gasteiger partial charge in [-0.25, -0.2) is 0 Å². The van der Waals surface area contributed by atoms with Gasteiger partial charge in [-0.05, 0) is 30.2 Å². The fourth-order valence-electron chi connectivity index (χ4n) is 2.66. The van der Waals surface area contributed by atoms with E-state index >= 15 is 0 Å². The molecule has 4 nitrogen and oxygen atoms in total. The van der Waals surface area contributed by atoms with Gasteiger partial charge >= 0.3 is 0 Å². The second-order valence-electron chi connectivity index (χ2n) is 5.47. The van der Waals surface area contributed by atoms with E-state index in [-0.39, 0.29) is 18.4 Å². The molecule has 3 rings (SSSR count). The lowest BCUT2D eigenvalue weighted by Crippen LogP contribution is -2.29. The smallest absolute Gasteiger partial charge is 0.206 e. The second kappa shape index (κ2) is 6.57. The molecule has 1 heterocycles. The van der Waals surface area contributed by atoms with Crippen molar-refractivity contribution in [2.75, 3.05) is 6.61 Å². The molecule has 1 aromatic carbocycles. The standard InChI is InChI=1S/C19H17NO3/c1-13-19(22)17(16-4-2-3-5-18(16)20-13)12-23-15-8-6-14(7-9-15)10-11-21/h2-9,11,18H,10,12H2,1H3. The van der Waals surface area contributed by atoms with Crippen LogP contribution in [0.5, 0.6) is 5.75 Å². The monoisotopic (exact) mass is 307 g/mol. The van der Waals surface area contributed by atoms with E-state index in [4.69, 9.17) is 4.74 Å². The van der Waals surface area contributed by atoms with Gasteiger partial charge in [-0.3, -0.25) is 9.79 Å². The van der Waals surface area contributed by atoms with E-state index in [1.165, 1.54) is 0 Å². The number of hydrogen-bond acceptors (Lipinski definition) is 4. The lowest BCUT2D eigenvalue weighted by atomic mass is 9.90. The zero-order valence-corrected chi connectivity index (χ0v) is 12.9. The van der Waals surface area contributed by atoms with Crippen LogP contribution in [-0.2, 0) is 16.0 Å². The minimum atomic E-state index is -0.0914. The van der Waals surface area contributed by atoms with Crippen LogP contribution in [0.3, 0.4) is 0 Å². The highest BCUT2D eigenvalue weighted by Gasteiger charge is 2.27. The molecule has 0 bridgehead atoms. The van der Waals surface area contributed by atoms with Gasteiger partial charge in [-0.15, -0.1) is 0 Å². The molecule has 1 unspecified atom stereocenters. The Hall–Kier alpha value is -2.75. The first-order valence-electron chi connectivity index (χ1n) is 7.51. The number of ether oxygens (including phenoxy) is 1. The zero-order chi connectivity index (χ0) is 16.2. The lowest BCUT2D eigenvalue weighted by Gasteiger charge is -2.23. The third-order valence-corrected chi connectivity index (χ3v) is 3.91. The number of aliphatic imine (C=N–C) groups is 1. The van der Waals surface area contributed by atoms with Crippen molar-refractivity contribution in [3.8, 4) is 5.75 Å². The SMILES string of the molecule is CC1=NC2C=CC=CC2=C(COc2ccc(CC=O)cc2)C1=O. The summed E-state index contributed by atoms with van der Waals surface area (Å²) in [5, 5.41) is 0. The number of carbonyl (C=O) groups excluding carboxylic acids is 2. The van der Waals surface area contributed by atoms with Crippen molar-refractivity contribution in [3.05, 3.63) is 65.3 Å². The summed E-state index contributed by atoms with van der Waals surface area (Å²) in [5.41, 5.74) is 3.01. The van der Waals surface area contributed by atoms with E-state index in [0.717, 1.165) is 17.4 Å². The highest BCUT2D eigenvalue weighted by atomic mass is 16.5. The molecule has 1 aliphatic carbocycles. The van der Waals surface area contributed by atoms with Gasteiger partial charge in [0, 0.05) is 12.0 Å². The second-order valence-corrected chi connectivity index (χ2v) is 5.47. The Bertz CT molecular complexity index is 751. The van der Waals surface area contributed by atoms with Crippen LogP contribution >= 0.6 is 0 Å². The van der Waals surface area contributed by atoms with Gasteiger partial charge in [0.1, 0.15) is 18.6 Å². The molecule has 4 heteroatoms. The summed E-state index contributed by atoms with van der Waals surface area (Å²) >= 11 is 0. The van der Waals surface area contributed by atoms with E-state index in [1.54, 1.807) is 6.92 Å². The number of allylic oxidation sites excluding steroid dienone is 2. The molecule has 23 heavy (non-hydrogen) atoms. The molecule has 0 saturated heterocycles. The molecular weight excluding hydrogens is 290 g/mol. The fourth-order valence-corrected chi connectivity index (χ4v) is 2.66. The van der Waals surface area contributed by atoms with Crippen molar-refractivity contribution < 1.29 is 14.3 Å². The lowest BCUT2D eigenvalue weighted by molar-refractivity contribution is -0.110. The van der Waals surface area contributed by atoms with Gasteiger partial charge in [0.05, 0.1) is 11.8 Å². The van der Waals surface area contributed by atoms with Gasteiger partial charge < -0.3 is 9.53 Å². The maximum absolute atomic E-state index is 12.4. The fraction of sp³-hybridized carbons (Fsp3) is 0.211. The summed E-state index contributed by atoms with van der Waals surface area (Å²) in [5.74, 6) is 0.612. The molecule has 0 fully saturated rings. The summed E-state index contributed by atoms with van der Waals surface area (Å²) < 4.78 is 5.77. The minimum absolute atomic E-state index is 0.0613. The van der Waals surface area contributed by atoms with E-state index in [2.05, 4.69) is 4.99 Å². The Morgan fingerprint density at radius 1 is 1.22 bits per heavy atom.